The highest BCUT2D eigenvalue weighted by molar-refractivity contribution is 6.33. The van der Waals surface area contributed by atoms with Crippen LogP contribution in [0.5, 0.6) is 0 Å². The summed E-state index contributed by atoms with van der Waals surface area (Å²) in [5.41, 5.74) is 3.92. The van der Waals surface area contributed by atoms with Gasteiger partial charge in [0.15, 0.2) is 5.78 Å². The largest absolute Gasteiger partial charge is 0.395 e. The summed E-state index contributed by atoms with van der Waals surface area (Å²) in [6.45, 7) is 9.47. The van der Waals surface area contributed by atoms with Crippen molar-refractivity contribution in [3.05, 3.63) is 52.2 Å². The number of aromatic nitrogens is 1. The monoisotopic (exact) mass is 470 g/mol. The van der Waals surface area contributed by atoms with Crippen molar-refractivity contribution in [2.45, 2.75) is 45.6 Å². The lowest BCUT2D eigenvalue weighted by Crippen LogP contribution is -2.33. The van der Waals surface area contributed by atoms with Gasteiger partial charge in [-0.25, -0.2) is 4.98 Å². The van der Waals surface area contributed by atoms with Gasteiger partial charge in [-0.1, -0.05) is 17.7 Å². The number of ketones is 1. The number of benzene rings is 1. The number of hydrogen-bond acceptors (Lipinski definition) is 6. The van der Waals surface area contributed by atoms with Crippen LogP contribution in [0.4, 0.5) is 11.5 Å². The van der Waals surface area contributed by atoms with Gasteiger partial charge >= 0.3 is 0 Å². The molecule has 33 heavy (non-hydrogen) atoms. The number of nitrogens with one attached hydrogen (secondary N) is 1. The van der Waals surface area contributed by atoms with E-state index in [4.69, 9.17) is 16.7 Å². The molecule has 6 nitrogen and oxygen atoms in total. The van der Waals surface area contributed by atoms with Crippen molar-refractivity contribution < 1.29 is 9.90 Å². The van der Waals surface area contributed by atoms with Crippen LogP contribution in [0, 0.1) is 12.8 Å². The lowest BCUT2D eigenvalue weighted by Gasteiger charge is -2.25. The van der Waals surface area contributed by atoms with E-state index in [1.807, 2.05) is 0 Å². The number of carbonyl (C=O) groups is 1. The maximum absolute atomic E-state index is 12.8. The maximum atomic E-state index is 12.8. The van der Waals surface area contributed by atoms with E-state index in [2.05, 4.69) is 52.1 Å². The quantitative estimate of drug-likeness (QED) is 0.536. The molecular weight excluding hydrogens is 436 g/mol. The SMILES string of the molecule is Cc1cc(N2CCC(CN3CCCC3C)C2)ccc1CC(=O)c1cnc(NCCO)c(Cl)c1. The Labute approximate surface area is 201 Å². The van der Waals surface area contributed by atoms with E-state index in [0.29, 0.717) is 29.4 Å². The Kier molecular flexibility index (Phi) is 7.89. The van der Waals surface area contributed by atoms with E-state index in [1.54, 1.807) is 12.3 Å². The lowest BCUT2D eigenvalue weighted by molar-refractivity contribution is 0.0992. The Hall–Kier alpha value is -2.15. The molecule has 0 radical (unpaired) electrons. The van der Waals surface area contributed by atoms with Gasteiger partial charge in [0.1, 0.15) is 5.82 Å². The summed E-state index contributed by atoms with van der Waals surface area (Å²) < 4.78 is 0. The first-order valence-electron chi connectivity index (χ1n) is 12.1. The van der Waals surface area contributed by atoms with Crippen LogP contribution in [0.25, 0.3) is 0 Å². The Bertz CT molecular complexity index is 983. The van der Waals surface area contributed by atoms with Crippen molar-refractivity contribution in [3.8, 4) is 0 Å². The molecule has 0 amide bonds. The maximum Gasteiger partial charge on any atom is 0.168 e. The van der Waals surface area contributed by atoms with Gasteiger partial charge in [-0.3, -0.25) is 4.79 Å². The van der Waals surface area contributed by atoms with Crippen molar-refractivity contribution >= 4 is 28.9 Å². The van der Waals surface area contributed by atoms with Crippen LogP contribution in [0.3, 0.4) is 0 Å². The molecule has 2 atom stereocenters. The molecule has 2 N–H and O–H groups in total. The third kappa shape index (κ3) is 5.86. The summed E-state index contributed by atoms with van der Waals surface area (Å²) in [6.07, 6.45) is 5.79. The number of likely N-dealkylation sites (tertiary alicyclic amines) is 1. The molecule has 2 saturated heterocycles. The number of rotatable bonds is 9. The zero-order valence-electron chi connectivity index (χ0n) is 19.7. The van der Waals surface area contributed by atoms with E-state index in [-0.39, 0.29) is 12.4 Å². The summed E-state index contributed by atoms with van der Waals surface area (Å²) in [6, 6.07) is 8.84. The number of nitrogens with zero attached hydrogens (tertiary/aromatic N) is 3. The second kappa shape index (κ2) is 10.9. The normalized spacial score (nSPS) is 21.0. The van der Waals surface area contributed by atoms with Crippen LogP contribution in [-0.4, -0.2) is 66.1 Å². The first kappa shape index (κ1) is 24.0. The number of hydrogen-bond donors (Lipinski definition) is 2. The number of aliphatic hydroxyl groups is 1. The molecule has 2 fully saturated rings. The summed E-state index contributed by atoms with van der Waals surface area (Å²) in [7, 11) is 0. The summed E-state index contributed by atoms with van der Waals surface area (Å²) in [5.74, 6) is 1.21. The Morgan fingerprint density at radius 2 is 2.12 bits per heavy atom. The third-order valence-corrected chi connectivity index (χ3v) is 7.37. The molecule has 2 unspecified atom stereocenters. The van der Waals surface area contributed by atoms with Gasteiger partial charge in [-0.05, 0) is 74.9 Å². The van der Waals surface area contributed by atoms with Crippen molar-refractivity contribution in [1.82, 2.24) is 9.88 Å². The fourth-order valence-electron chi connectivity index (χ4n) is 5.06. The zero-order chi connectivity index (χ0) is 23.4. The molecule has 2 aliphatic heterocycles. The topological polar surface area (TPSA) is 68.7 Å². The summed E-state index contributed by atoms with van der Waals surface area (Å²) >= 11 is 6.24. The van der Waals surface area contributed by atoms with Gasteiger partial charge < -0.3 is 20.2 Å². The highest BCUT2D eigenvalue weighted by Crippen LogP contribution is 2.29. The minimum atomic E-state index is -0.0102. The smallest absolute Gasteiger partial charge is 0.168 e. The molecule has 2 aliphatic rings. The molecular formula is C26H35ClN4O2. The van der Waals surface area contributed by atoms with Crippen molar-refractivity contribution in [2.75, 3.05) is 49.5 Å². The fraction of sp³-hybridized carbons (Fsp3) is 0.538. The minimum Gasteiger partial charge on any atom is -0.395 e. The third-order valence-electron chi connectivity index (χ3n) is 7.08. The van der Waals surface area contributed by atoms with Crippen LogP contribution in [0.2, 0.25) is 5.02 Å². The van der Waals surface area contributed by atoms with Gasteiger partial charge in [0.2, 0.25) is 0 Å². The Balaban J connectivity index is 1.36. The van der Waals surface area contributed by atoms with Crippen molar-refractivity contribution in [1.29, 1.82) is 0 Å². The highest BCUT2D eigenvalue weighted by Gasteiger charge is 2.28. The minimum absolute atomic E-state index is 0.00470. The van der Waals surface area contributed by atoms with Crippen LogP contribution < -0.4 is 10.2 Å². The molecule has 7 heteroatoms. The van der Waals surface area contributed by atoms with E-state index in [1.165, 1.54) is 38.0 Å². The molecule has 0 bridgehead atoms. The number of aliphatic hydroxyl groups excluding tert-OH is 1. The Morgan fingerprint density at radius 3 is 2.82 bits per heavy atom. The van der Waals surface area contributed by atoms with Gasteiger partial charge in [-0.15, -0.1) is 0 Å². The van der Waals surface area contributed by atoms with E-state index in [0.717, 1.165) is 36.2 Å². The standard InChI is InChI=1S/C26H35ClN4O2/c1-18-12-23(31-10-7-20(17-31)16-30-9-3-4-19(30)2)6-5-21(18)14-25(33)22-13-24(27)26(29-15-22)28-8-11-32/h5-6,12-13,15,19-20,32H,3-4,7-11,14,16-17H2,1-2H3,(H,28,29). The van der Waals surface area contributed by atoms with E-state index >= 15 is 0 Å². The molecule has 178 valence electrons. The molecule has 1 aromatic heterocycles. The second-order valence-electron chi connectivity index (χ2n) is 9.50. The average Bonchev–Trinajstić information content (AvgIpc) is 3.43. The van der Waals surface area contributed by atoms with Crippen LogP contribution in [0.15, 0.2) is 30.5 Å². The second-order valence-corrected chi connectivity index (χ2v) is 9.91. The van der Waals surface area contributed by atoms with Gasteiger partial charge in [-0.2, -0.15) is 0 Å². The Morgan fingerprint density at radius 1 is 1.27 bits per heavy atom. The fourth-order valence-corrected chi connectivity index (χ4v) is 5.29. The number of halogens is 1. The van der Waals surface area contributed by atoms with Gasteiger partial charge in [0.25, 0.3) is 0 Å². The zero-order valence-corrected chi connectivity index (χ0v) is 20.4. The number of pyridine rings is 1. The van der Waals surface area contributed by atoms with Gasteiger partial charge in [0.05, 0.1) is 11.6 Å². The van der Waals surface area contributed by atoms with Crippen molar-refractivity contribution in [2.24, 2.45) is 5.92 Å². The van der Waals surface area contributed by atoms with E-state index < -0.39 is 0 Å². The number of carbonyl (C=O) groups excluding carboxylic acids is 1. The van der Waals surface area contributed by atoms with Crippen LogP contribution in [0.1, 0.15) is 47.7 Å². The molecule has 3 heterocycles. The highest BCUT2D eigenvalue weighted by atomic mass is 35.5. The predicted molar refractivity (Wildman–Crippen MR) is 135 cm³/mol. The first-order valence-corrected chi connectivity index (χ1v) is 12.4. The van der Waals surface area contributed by atoms with Crippen molar-refractivity contribution in [3.63, 3.8) is 0 Å². The molecule has 0 saturated carbocycles. The summed E-state index contributed by atoms with van der Waals surface area (Å²) in [4.78, 5) is 22.2. The van der Waals surface area contributed by atoms with Crippen LogP contribution >= 0.6 is 11.6 Å². The van der Waals surface area contributed by atoms with Gasteiger partial charge in [0, 0.05) is 56.1 Å². The lowest BCUT2D eigenvalue weighted by atomic mass is 9.99. The average molecular weight is 471 g/mol. The number of Topliss-reactive ketones (excluding diaryl/α,β-unsaturated/α-hetero) is 1. The number of anilines is 2. The molecule has 2 aromatic rings. The molecule has 0 aliphatic carbocycles. The van der Waals surface area contributed by atoms with Crippen LogP contribution in [-0.2, 0) is 6.42 Å². The molecule has 0 spiro atoms. The first-order chi connectivity index (χ1) is 15.9. The molecule has 1 aromatic carbocycles. The van der Waals surface area contributed by atoms with E-state index in [9.17, 15) is 4.79 Å². The number of aryl methyl sites for hydroxylation is 1. The predicted octanol–water partition coefficient (Wildman–Crippen LogP) is 4.18. The summed E-state index contributed by atoms with van der Waals surface area (Å²) in [5, 5.41) is 12.2. The molecule has 4 rings (SSSR count).